The maximum absolute atomic E-state index is 10.4. The van der Waals surface area contributed by atoms with E-state index in [1.54, 1.807) is 23.5 Å². The first kappa shape index (κ1) is 12.6. The number of hydrogen-bond acceptors (Lipinski definition) is 4. The number of rotatable bonds is 4. The lowest BCUT2D eigenvalue weighted by molar-refractivity contribution is -0.139. The summed E-state index contributed by atoms with van der Waals surface area (Å²) < 4.78 is 6.25. The molecule has 0 aliphatic heterocycles. The highest BCUT2D eigenvalue weighted by Crippen LogP contribution is 2.30. The summed E-state index contributed by atoms with van der Waals surface area (Å²) in [4.78, 5) is 15.0. The molecule has 1 heterocycles. The highest BCUT2D eigenvalue weighted by atomic mass is 32.1. The number of benzene rings is 2. The molecule has 3 aromatic rings. The first-order valence-corrected chi connectivity index (χ1v) is 6.84. The molecule has 1 aromatic heterocycles. The summed E-state index contributed by atoms with van der Waals surface area (Å²) in [5.41, 5.74) is 1.98. The number of aliphatic carboxylic acids is 1. The Labute approximate surface area is 119 Å². The minimum Gasteiger partial charge on any atom is -0.482 e. The van der Waals surface area contributed by atoms with Gasteiger partial charge in [0.1, 0.15) is 10.8 Å². The van der Waals surface area contributed by atoms with Crippen LogP contribution in [0.4, 0.5) is 0 Å². The predicted molar refractivity (Wildman–Crippen MR) is 78.2 cm³/mol. The molecule has 0 amide bonds. The zero-order chi connectivity index (χ0) is 13.9. The summed E-state index contributed by atoms with van der Waals surface area (Å²) in [5, 5.41) is 9.50. The minimum atomic E-state index is -0.986. The van der Waals surface area contributed by atoms with Crippen molar-refractivity contribution in [1.29, 1.82) is 0 Å². The molecule has 4 nitrogen and oxygen atoms in total. The monoisotopic (exact) mass is 285 g/mol. The van der Waals surface area contributed by atoms with Crippen LogP contribution in [0.5, 0.6) is 5.75 Å². The molecule has 20 heavy (non-hydrogen) atoms. The van der Waals surface area contributed by atoms with Gasteiger partial charge in [-0.05, 0) is 36.4 Å². The Morgan fingerprint density at radius 3 is 2.60 bits per heavy atom. The molecule has 0 saturated heterocycles. The van der Waals surface area contributed by atoms with Crippen LogP contribution in [0.1, 0.15) is 0 Å². The van der Waals surface area contributed by atoms with Crippen molar-refractivity contribution in [1.82, 2.24) is 4.98 Å². The number of thiazole rings is 1. The third-order valence-electron chi connectivity index (χ3n) is 2.76. The van der Waals surface area contributed by atoms with Crippen molar-refractivity contribution in [3.63, 3.8) is 0 Å². The second-order valence-corrected chi connectivity index (χ2v) is 5.22. The molecule has 0 bridgehead atoms. The molecule has 0 saturated carbocycles. The van der Waals surface area contributed by atoms with Gasteiger partial charge in [-0.15, -0.1) is 11.3 Å². The van der Waals surface area contributed by atoms with E-state index in [0.717, 1.165) is 20.8 Å². The van der Waals surface area contributed by atoms with E-state index in [-0.39, 0.29) is 6.61 Å². The fraction of sp³-hybridized carbons (Fsp3) is 0.0667. The van der Waals surface area contributed by atoms with Gasteiger partial charge in [-0.25, -0.2) is 9.78 Å². The van der Waals surface area contributed by atoms with E-state index in [2.05, 4.69) is 4.98 Å². The van der Waals surface area contributed by atoms with Crippen LogP contribution in [0.2, 0.25) is 0 Å². The van der Waals surface area contributed by atoms with Gasteiger partial charge in [0.05, 0.1) is 10.2 Å². The maximum atomic E-state index is 10.4. The van der Waals surface area contributed by atoms with Gasteiger partial charge in [-0.1, -0.05) is 12.1 Å². The van der Waals surface area contributed by atoms with Gasteiger partial charge in [-0.3, -0.25) is 0 Å². The van der Waals surface area contributed by atoms with Crippen LogP contribution in [0.25, 0.3) is 20.8 Å². The van der Waals surface area contributed by atoms with Crippen molar-refractivity contribution >= 4 is 27.5 Å². The van der Waals surface area contributed by atoms with E-state index >= 15 is 0 Å². The SMILES string of the molecule is O=C(O)COc1ccc(-c2nc3ccccc3s2)cc1. The fourth-order valence-electron chi connectivity index (χ4n) is 1.83. The summed E-state index contributed by atoms with van der Waals surface area (Å²) in [6, 6.07) is 15.3. The first-order chi connectivity index (χ1) is 9.72. The first-order valence-electron chi connectivity index (χ1n) is 6.03. The molecule has 0 spiro atoms. The van der Waals surface area contributed by atoms with Crippen LogP contribution in [0, 0.1) is 0 Å². The van der Waals surface area contributed by atoms with Crippen LogP contribution in [0.3, 0.4) is 0 Å². The van der Waals surface area contributed by atoms with E-state index in [9.17, 15) is 4.79 Å². The second-order valence-electron chi connectivity index (χ2n) is 4.19. The number of ether oxygens (including phenoxy) is 1. The minimum absolute atomic E-state index is 0.333. The highest BCUT2D eigenvalue weighted by molar-refractivity contribution is 7.21. The summed E-state index contributed by atoms with van der Waals surface area (Å²) in [5.74, 6) is -0.447. The number of aromatic nitrogens is 1. The Balaban J connectivity index is 1.85. The Morgan fingerprint density at radius 2 is 1.90 bits per heavy atom. The van der Waals surface area contributed by atoms with Crippen molar-refractivity contribution in [2.45, 2.75) is 0 Å². The second kappa shape index (κ2) is 5.30. The molecule has 100 valence electrons. The number of fused-ring (bicyclic) bond motifs is 1. The average Bonchev–Trinajstić information content (AvgIpc) is 2.89. The van der Waals surface area contributed by atoms with Gasteiger partial charge in [0, 0.05) is 5.56 Å². The van der Waals surface area contributed by atoms with Crippen molar-refractivity contribution < 1.29 is 14.6 Å². The number of carbonyl (C=O) groups is 1. The Bertz CT molecular complexity index is 716. The highest BCUT2D eigenvalue weighted by Gasteiger charge is 2.06. The largest absolute Gasteiger partial charge is 0.482 e. The number of carboxylic acids is 1. The van der Waals surface area contributed by atoms with Crippen molar-refractivity contribution in [2.75, 3.05) is 6.61 Å². The van der Waals surface area contributed by atoms with Gasteiger partial charge in [0.15, 0.2) is 6.61 Å². The van der Waals surface area contributed by atoms with Crippen molar-refractivity contribution in [3.05, 3.63) is 48.5 Å². The Morgan fingerprint density at radius 1 is 1.15 bits per heavy atom. The third-order valence-corrected chi connectivity index (χ3v) is 3.84. The van der Waals surface area contributed by atoms with Crippen LogP contribution < -0.4 is 4.74 Å². The van der Waals surface area contributed by atoms with Gasteiger partial charge in [-0.2, -0.15) is 0 Å². The van der Waals surface area contributed by atoms with Gasteiger partial charge in [0.2, 0.25) is 0 Å². The topological polar surface area (TPSA) is 59.4 Å². The average molecular weight is 285 g/mol. The van der Waals surface area contributed by atoms with Gasteiger partial charge >= 0.3 is 5.97 Å². The molecule has 0 radical (unpaired) electrons. The van der Waals surface area contributed by atoms with E-state index < -0.39 is 5.97 Å². The normalized spacial score (nSPS) is 10.6. The van der Waals surface area contributed by atoms with E-state index in [1.807, 2.05) is 36.4 Å². The molecule has 3 rings (SSSR count). The number of hydrogen-bond donors (Lipinski definition) is 1. The number of nitrogens with zero attached hydrogens (tertiary/aromatic N) is 1. The van der Waals surface area contributed by atoms with Crippen LogP contribution in [-0.4, -0.2) is 22.7 Å². The molecule has 5 heteroatoms. The molecule has 0 atom stereocenters. The summed E-state index contributed by atoms with van der Waals surface area (Å²) in [6.07, 6.45) is 0. The molecule has 2 aromatic carbocycles. The molecule has 0 aliphatic carbocycles. The van der Waals surface area contributed by atoms with Gasteiger partial charge in [0.25, 0.3) is 0 Å². The lowest BCUT2D eigenvalue weighted by Gasteiger charge is -2.03. The maximum Gasteiger partial charge on any atom is 0.341 e. The van der Waals surface area contributed by atoms with Crippen LogP contribution in [-0.2, 0) is 4.79 Å². The quantitative estimate of drug-likeness (QED) is 0.798. The number of carboxylic acid groups (broad SMARTS) is 1. The summed E-state index contributed by atoms with van der Waals surface area (Å²) >= 11 is 1.63. The van der Waals surface area contributed by atoms with E-state index in [1.165, 1.54) is 0 Å². The molecule has 0 unspecified atom stereocenters. The lowest BCUT2D eigenvalue weighted by atomic mass is 10.2. The van der Waals surface area contributed by atoms with E-state index in [0.29, 0.717) is 5.75 Å². The van der Waals surface area contributed by atoms with Crippen molar-refractivity contribution in [2.24, 2.45) is 0 Å². The molecular formula is C15H11NO3S. The third kappa shape index (κ3) is 2.62. The zero-order valence-electron chi connectivity index (χ0n) is 10.4. The Hall–Kier alpha value is -2.40. The predicted octanol–water partition coefficient (Wildman–Crippen LogP) is 3.43. The summed E-state index contributed by atoms with van der Waals surface area (Å²) in [6.45, 7) is -0.333. The summed E-state index contributed by atoms with van der Waals surface area (Å²) in [7, 11) is 0. The van der Waals surface area contributed by atoms with Crippen LogP contribution in [0.15, 0.2) is 48.5 Å². The zero-order valence-corrected chi connectivity index (χ0v) is 11.3. The molecule has 0 aliphatic rings. The number of para-hydroxylation sites is 1. The fourth-order valence-corrected chi connectivity index (χ4v) is 2.81. The standard InChI is InChI=1S/C15H11NO3S/c17-14(18)9-19-11-7-5-10(6-8-11)15-16-12-3-1-2-4-13(12)20-15/h1-8H,9H2,(H,17,18). The lowest BCUT2D eigenvalue weighted by Crippen LogP contribution is -2.09. The molecule has 1 N–H and O–H groups in total. The molecular weight excluding hydrogens is 274 g/mol. The van der Waals surface area contributed by atoms with Gasteiger partial charge < -0.3 is 9.84 Å². The van der Waals surface area contributed by atoms with Crippen LogP contribution >= 0.6 is 11.3 Å². The Kier molecular flexibility index (Phi) is 3.35. The van der Waals surface area contributed by atoms with Crippen molar-refractivity contribution in [3.8, 4) is 16.3 Å². The molecule has 0 fully saturated rings. The van der Waals surface area contributed by atoms with E-state index in [4.69, 9.17) is 9.84 Å². The smallest absolute Gasteiger partial charge is 0.341 e.